The normalized spacial score (nSPS) is 15.6. The Balaban J connectivity index is 1.53. The monoisotopic (exact) mass is 403 g/mol. The molecule has 0 saturated carbocycles. The molecule has 1 aliphatic heterocycles. The third-order valence-electron chi connectivity index (χ3n) is 5.28. The van der Waals surface area contributed by atoms with Crippen molar-refractivity contribution in [2.75, 3.05) is 51.3 Å². The van der Waals surface area contributed by atoms with E-state index < -0.39 is 10.0 Å². The van der Waals surface area contributed by atoms with E-state index in [0.717, 1.165) is 37.3 Å². The molecule has 0 bridgehead atoms. The van der Waals surface area contributed by atoms with Crippen LogP contribution in [0.1, 0.15) is 11.1 Å². The highest BCUT2D eigenvalue weighted by atomic mass is 32.2. The van der Waals surface area contributed by atoms with E-state index in [2.05, 4.69) is 38.8 Å². The minimum atomic E-state index is -3.61. The van der Waals surface area contributed by atoms with Gasteiger partial charge in [-0.1, -0.05) is 18.2 Å². The second-order valence-electron chi connectivity index (χ2n) is 7.15. The molecule has 7 heteroatoms. The minimum absolute atomic E-state index is 0.201. The van der Waals surface area contributed by atoms with Crippen molar-refractivity contribution in [3.05, 3.63) is 53.6 Å². The lowest BCUT2D eigenvalue weighted by molar-refractivity contribution is 0.262. The fraction of sp³-hybridized carbons (Fsp3) is 0.429. The highest BCUT2D eigenvalue weighted by Gasteiger charge is 2.22. The zero-order valence-electron chi connectivity index (χ0n) is 16.8. The third-order valence-corrected chi connectivity index (χ3v) is 6.77. The van der Waals surface area contributed by atoms with Crippen molar-refractivity contribution in [2.45, 2.75) is 18.7 Å². The summed E-state index contributed by atoms with van der Waals surface area (Å²) in [7, 11) is -2.11. The Hall–Kier alpha value is -2.09. The molecular formula is C21H29N3O3S. The smallest absolute Gasteiger partial charge is 0.244 e. The molecule has 1 saturated heterocycles. The van der Waals surface area contributed by atoms with Crippen molar-refractivity contribution in [2.24, 2.45) is 0 Å². The number of methoxy groups -OCH3 is 1. The molecule has 6 nitrogen and oxygen atoms in total. The summed E-state index contributed by atoms with van der Waals surface area (Å²) in [5, 5.41) is 0. The van der Waals surface area contributed by atoms with Crippen LogP contribution in [0.25, 0.3) is 0 Å². The van der Waals surface area contributed by atoms with Crippen LogP contribution in [0.15, 0.2) is 47.4 Å². The van der Waals surface area contributed by atoms with Crippen LogP contribution in [0.2, 0.25) is 0 Å². The largest absolute Gasteiger partial charge is 0.495 e. The molecule has 0 spiro atoms. The summed E-state index contributed by atoms with van der Waals surface area (Å²) < 4.78 is 33.5. The molecule has 3 rings (SSSR count). The number of hydrogen-bond donors (Lipinski definition) is 1. The SMILES string of the molecule is COc1cc(C)c(C)cc1S(=O)(=O)NCCN1CCN(c2ccccc2)CC1. The number of benzene rings is 2. The maximum absolute atomic E-state index is 12.7. The molecule has 152 valence electrons. The average Bonchev–Trinajstić information content (AvgIpc) is 2.70. The van der Waals surface area contributed by atoms with Crippen molar-refractivity contribution in [3.8, 4) is 5.75 Å². The van der Waals surface area contributed by atoms with Gasteiger partial charge in [-0.2, -0.15) is 0 Å². The van der Waals surface area contributed by atoms with Crippen molar-refractivity contribution in [1.82, 2.24) is 9.62 Å². The van der Waals surface area contributed by atoms with Gasteiger partial charge in [0.15, 0.2) is 0 Å². The van der Waals surface area contributed by atoms with E-state index in [1.807, 2.05) is 19.9 Å². The molecule has 0 aliphatic carbocycles. The summed E-state index contributed by atoms with van der Waals surface area (Å²) in [6, 6.07) is 13.8. The standard InChI is InChI=1S/C21H29N3O3S/c1-17-15-20(27-3)21(16-18(17)2)28(25,26)22-9-10-23-11-13-24(14-12-23)19-7-5-4-6-8-19/h4-8,15-16,22H,9-14H2,1-3H3. The van der Waals surface area contributed by atoms with E-state index >= 15 is 0 Å². The number of hydrogen-bond acceptors (Lipinski definition) is 5. The predicted octanol–water partition coefficient (Wildman–Crippen LogP) is 2.41. The van der Waals surface area contributed by atoms with Gasteiger partial charge in [-0.25, -0.2) is 13.1 Å². The van der Waals surface area contributed by atoms with Crippen LogP contribution in [0.3, 0.4) is 0 Å². The van der Waals surface area contributed by atoms with Crippen LogP contribution >= 0.6 is 0 Å². The zero-order valence-corrected chi connectivity index (χ0v) is 17.6. The number of piperazine rings is 1. The van der Waals surface area contributed by atoms with Gasteiger partial charge in [-0.05, 0) is 49.2 Å². The second kappa shape index (κ2) is 8.94. The molecular weight excluding hydrogens is 374 g/mol. The van der Waals surface area contributed by atoms with Gasteiger partial charge >= 0.3 is 0 Å². The third kappa shape index (κ3) is 4.84. The van der Waals surface area contributed by atoms with E-state index in [9.17, 15) is 8.42 Å². The van der Waals surface area contributed by atoms with Gasteiger partial charge in [-0.15, -0.1) is 0 Å². The highest BCUT2D eigenvalue weighted by molar-refractivity contribution is 7.89. The first-order chi connectivity index (χ1) is 13.4. The van der Waals surface area contributed by atoms with E-state index in [4.69, 9.17) is 4.74 Å². The molecule has 2 aromatic rings. The summed E-state index contributed by atoms with van der Waals surface area (Å²) in [6.45, 7) is 8.65. The Morgan fingerprint density at radius 2 is 1.64 bits per heavy atom. The second-order valence-corrected chi connectivity index (χ2v) is 8.88. The number of aryl methyl sites for hydroxylation is 2. The van der Waals surface area contributed by atoms with Gasteiger partial charge in [0.2, 0.25) is 10.0 Å². The molecule has 1 heterocycles. The fourth-order valence-corrected chi connectivity index (χ4v) is 4.67. The van der Waals surface area contributed by atoms with Crippen molar-refractivity contribution in [3.63, 3.8) is 0 Å². The molecule has 28 heavy (non-hydrogen) atoms. The number of nitrogens with one attached hydrogen (secondary N) is 1. The first kappa shape index (κ1) is 20.6. The Bertz CT molecular complexity index is 893. The first-order valence-electron chi connectivity index (χ1n) is 9.58. The molecule has 0 aromatic heterocycles. The lowest BCUT2D eigenvalue weighted by atomic mass is 10.1. The van der Waals surface area contributed by atoms with Crippen LogP contribution in [0.4, 0.5) is 5.69 Å². The van der Waals surface area contributed by atoms with Gasteiger partial charge in [0.1, 0.15) is 10.6 Å². The van der Waals surface area contributed by atoms with Crippen LogP contribution in [-0.4, -0.2) is 59.7 Å². The molecule has 1 fully saturated rings. The number of anilines is 1. The van der Waals surface area contributed by atoms with E-state index in [0.29, 0.717) is 18.8 Å². The van der Waals surface area contributed by atoms with E-state index in [-0.39, 0.29) is 4.90 Å². The fourth-order valence-electron chi connectivity index (χ4n) is 3.42. The topological polar surface area (TPSA) is 61.9 Å². The maximum Gasteiger partial charge on any atom is 0.244 e. The van der Waals surface area contributed by atoms with Crippen LogP contribution < -0.4 is 14.4 Å². The molecule has 1 aliphatic rings. The molecule has 0 unspecified atom stereocenters. The van der Waals surface area contributed by atoms with Crippen molar-refractivity contribution in [1.29, 1.82) is 0 Å². The number of nitrogens with zero attached hydrogens (tertiary/aromatic N) is 2. The summed E-state index contributed by atoms with van der Waals surface area (Å²) in [4.78, 5) is 4.85. The molecule has 0 radical (unpaired) electrons. The quantitative estimate of drug-likeness (QED) is 0.769. The molecule has 1 N–H and O–H groups in total. The Labute approximate surface area is 168 Å². The Morgan fingerprint density at radius 1 is 1.00 bits per heavy atom. The summed E-state index contributed by atoms with van der Waals surface area (Å²) in [6.07, 6.45) is 0. The van der Waals surface area contributed by atoms with Crippen LogP contribution in [-0.2, 0) is 10.0 Å². The number of ether oxygens (including phenoxy) is 1. The first-order valence-corrected chi connectivity index (χ1v) is 11.1. The Kier molecular flexibility index (Phi) is 6.59. The summed E-state index contributed by atoms with van der Waals surface area (Å²) in [5.74, 6) is 0.382. The van der Waals surface area contributed by atoms with E-state index in [1.165, 1.54) is 12.8 Å². The highest BCUT2D eigenvalue weighted by Crippen LogP contribution is 2.27. The number of para-hydroxylation sites is 1. The summed E-state index contributed by atoms with van der Waals surface area (Å²) >= 11 is 0. The van der Waals surface area contributed by atoms with E-state index in [1.54, 1.807) is 12.1 Å². The van der Waals surface area contributed by atoms with Crippen LogP contribution in [0.5, 0.6) is 5.75 Å². The molecule has 2 aromatic carbocycles. The van der Waals surface area contributed by atoms with Gasteiger partial charge < -0.3 is 9.64 Å². The minimum Gasteiger partial charge on any atom is -0.495 e. The molecule has 0 amide bonds. The number of rotatable bonds is 7. The van der Waals surface area contributed by atoms with Crippen LogP contribution in [0, 0.1) is 13.8 Å². The summed E-state index contributed by atoms with van der Waals surface area (Å²) in [5.41, 5.74) is 3.18. The predicted molar refractivity (Wildman–Crippen MR) is 113 cm³/mol. The van der Waals surface area contributed by atoms with Gasteiger partial charge in [-0.3, -0.25) is 4.90 Å². The Morgan fingerprint density at radius 3 is 2.29 bits per heavy atom. The molecule has 0 atom stereocenters. The number of sulfonamides is 1. The zero-order chi connectivity index (χ0) is 20.1. The van der Waals surface area contributed by atoms with Crippen molar-refractivity contribution < 1.29 is 13.2 Å². The maximum atomic E-state index is 12.7. The lowest BCUT2D eigenvalue weighted by Crippen LogP contribution is -2.48. The van der Waals surface area contributed by atoms with Crippen molar-refractivity contribution >= 4 is 15.7 Å². The van der Waals surface area contributed by atoms with Gasteiger partial charge in [0, 0.05) is 45.0 Å². The lowest BCUT2D eigenvalue weighted by Gasteiger charge is -2.36. The van der Waals surface area contributed by atoms with Gasteiger partial charge in [0.25, 0.3) is 0 Å². The van der Waals surface area contributed by atoms with Gasteiger partial charge in [0.05, 0.1) is 7.11 Å². The average molecular weight is 404 g/mol.